The molecule has 1 aromatic carbocycles. The van der Waals surface area contributed by atoms with Gasteiger partial charge < -0.3 is 29.2 Å². The monoisotopic (exact) mass is 350 g/mol. The van der Waals surface area contributed by atoms with Crippen LogP contribution in [-0.2, 0) is 16.0 Å². The Hall–Kier alpha value is -1.57. The van der Waals surface area contributed by atoms with E-state index in [1.165, 1.54) is 0 Å². The van der Waals surface area contributed by atoms with E-state index in [2.05, 4.69) is 10.2 Å². The molecule has 3 aliphatic rings. The molecule has 130 valence electrons. The van der Waals surface area contributed by atoms with Crippen molar-refractivity contribution in [1.82, 2.24) is 10.2 Å². The van der Waals surface area contributed by atoms with Crippen LogP contribution in [0.1, 0.15) is 24.8 Å². The summed E-state index contributed by atoms with van der Waals surface area (Å²) in [6.07, 6.45) is 2.71. The van der Waals surface area contributed by atoms with Gasteiger partial charge >= 0.3 is 0 Å². The summed E-state index contributed by atoms with van der Waals surface area (Å²) in [7, 11) is 0. The number of thiocarbonyl (C=S) groups is 1. The van der Waals surface area contributed by atoms with Crippen LogP contribution >= 0.6 is 12.2 Å². The Morgan fingerprint density at radius 2 is 1.88 bits per heavy atom. The Kier molecular flexibility index (Phi) is 4.47. The van der Waals surface area contributed by atoms with Crippen molar-refractivity contribution in [3.8, 4) is 11.5 Å². The minimum Gasteiger partial charge on any atom is -0.454 e. The lowest BCUT2D eigenvalue weighted by Gasteiger charge is -2.44. The number of rotatable bonds is 2. The number of piperidine rings is 1. The number of benzene rings is 1. The maximum atomic E-state index is 5.87. The van der Waals surface area contributed by atoms with Crippen LogP contribution in [0.4, 0.5) is 0 Å². The fraction of sp³-hybridized carbons (Fsp3) is 0.588. The predicted molar refractivity (Wildman–Crippen MR) is 92.1 cm³/mol. The van der Waals surface area contributed by atoms with Gasteiger partial charge in [0.05, 0.1) is 13.2 Å². The quantitative estimate of drug-likeness (QED) is 0.819. The Morgan fingerprint density at radius 3 is 2.67 bits per heavy atom. The highest BCUT2D eigenvalue weighted by molar-refractivity contribution is 7.80. The van der Waals surface area contributed by atoms with Crippen LogP contribution in [0.3, 0.4) is 0 Å². The third-order valence-electron chi connectivity index (χ3n) is 4.71. The Labute approximate surface area is 147 Å². The average Bonchev–Trinajstić information content (AvgIpc) is 3.09. The molecular formula is C17H22N2O4S. The minimum atomic E-state index is -0.373. The van der Waals surface area contributed by atoms with Crippen LogP contribution in [0.2, 0.25) is 0 Å². The topological polar surface area (TPSA) is 52.2 Å². The number of nitrogens with one attached hydrogen (secondary N) is 1. The molecule has 0 saturated carbocycles. The Bertz CT molecular complexity index is 609. The fourth-order valence-corrected chi connectivity index (χ4v) is 3.55. The summed E-state index contributed by atoms with van der Waals surface area (Å²) in [6, 6.07) is 5.95. The number of nitrogens with zero attached hydrogens (tertiary/aromatic N) is 1. The van der Waals surface area contributed by atoms with Gasteiger partial charge in [-0.15, -0.1) is 0 Å². The molecule has 3 heterocycles. The second kappa shape index (κ2) is 6.74. The SMILES string of the molecule is S=C(NCc1ccc2c(c1)OCO2)N1CCC2(CC1)OCCCO2. The number of hydrogen-bond donors (Lipinski definition) is 1. The van der Waals surface area contributed by atoms with E-state index >= 15 is 0 Å². The molecule has 4 rings (SSSR count). The van der Waals surface area contributed by atoms with Crippen molar-refractivity contribution in [2.75, 3.05) is 33.1 Å². The standard InChI is InChI=1S/C17H22N2O4S/c24-16(18-11-13-2-3-14-15(10-13)21-12-20-14)19-6-4-17(5-7-19)22-8-1-9-23-17/h2-3,10H,1,4-9,11-12H2,(H,18,24). The lowest BCUT2D eigenvalue weighted by Crippen LogP contribution is -2.53. The van der Waals surface area contributed by atoms with E-state index in [9.17, 15) is 0 Å². The first-order valence-corrected chi connectivity index (χ1v) is 8.84. The molecular weight excluding hydrogens is 328 g/mol. The summed E-state index contributed by atoms with van der Waals surface area (Å²) in [5, 5.41) is 4.11. The zero-order valence-electron chi connectivity index (χ0n) is 13.6. The van der Waals surface area contributed by atoms with E-state index in [4.69, 9.17) is 31.2 Å². The number of fused-ring (bicyclic) bond motifs is 1. The molecule has 0 bridgehead atoms. The first-order chi connectivity index (χ1) is 11.7. The van der Waals surface area contributed by atoms with Crippen molar-refractivity contribution in [2.45, 2.75) is 31.6 Å². The smallest absolute Gasteiger partial charge is 0.231 e. The first kappa shape index (κ1) is 15.9. The van der Waals surface area contributed by atoms with Crippen LogP contribution in [0.25, 0.3) is 0 Å². The van der Waals surface area contributed by atoms with Gasteiger partial charge in [0.25, 0.3) is 0 Å². The van der Waals surface area contributed by atoms with Crippen molar-refractivity contribution in [1.29, 1.82) is 0 Å². The van der Waals surface area contributed by atoms with Crippen molar-refractivity contribution in [2.24, 2.45) is 0 Å². The lowest BCUT2D eigenvalue weighted by atomic mass is 10.0. The van der Waals surface area contributed by atoms with Gasteiger partial charge in [-0.3, -0.25) is 0 Å². The number of likely N-dealkylation sites (tertiary alicyclic amines) is 1. The molecule has 6 nitrogen and oxygen atoms in total. The molecule has 0 unspecified atom stereocenters. The third kappa shape index (κ3) is 3.29. The van der Waals surface area contributed by atoms with Gasteiger partial charge in [-0.1, -0.05) is 6.07 Å². The van der Waals surface area contributed by atoms with Gasteiger partial charge in [0.2, 0.25) is 6.79 Å². The van der Waals surface area contributed by atoms with E-state index in [0.717, 1.165) is 67.7 Å². The summed E-state index contributed by atoms with van der Waals surface area (Å²) >= 11 is 5.54. The number of ether oxygens (including phenoxy) is 4. The largest absolute Gasteiger partial charge is 0.454 e. The van der Waals surface area contributed by atoms with Crippen molar-refractivity contribution in [3.05, 3.63) is 23.8 Å². The molecule has 2 saturated heterocycles. The first-order valence-electron chi connectivity index (χ1n) is 8.43. The second-order valence-corrected chi connectivity index (χ2v) is 6.68. The van der Waals surface area contributed by atoms with E-state index < -0.39 is 0 Å². The zero-order valence-corrected chi connectivity index (χ0v) is 14.4. The van der Waals surface area contributed by atoms with Gasteiger partial charge in [-0.05, 0) is 36.3 Å². The molecule has 0 aliphatic carbocycles. The molecule has 1 spiro atoms. The van der Waals surface area contributed by atoms with Crippen LogP contribution in [0.5, 0.6) is 11.5 Å². The summed E-state index contributed by atoms with van der Waals surface area (Å²) in [6.45, 7) is 4.27. The normalized spacial score (nSPS) is 21.8. The van der Waals surface area contributed by atoms with Crippen LogP contribution in [0.15, 0.2) is 18.2 Å². The molecule has 0 amide bonds. The van der Waals surface area contributed by atoms with E-state index in [-0.39, 0.29) is 5.79 Å². The summed E-state index contributed by atoms with van der Waals surface area (Å²) in [5.74, 6) is 1.23. The molecule has 1 aromatic rings. The van der Waals surface area contributed by atoms with Crippen molar-refractivity contribution < 1.29 is 18.9 Å². The Balaban J connectivity index is 1.28. The minimum absolute atomic E-state index is 0.296. The van der Waals surface area contributed by atoms with E-state index in [1.807, 2.05) is 18.2 Å². The third-order valence-corrected chi connectivity index (χ3v) is 5.11. The van der Waals surface area contributed by atoms with Gasteiger partial charge in [0.1, 0.15) is 0 Å². The van der Waals surface area contributed by atoms with Crippen molar-refractivity contribution >= 4 is 17.3 Å². The number of hydrogen-bond acceptors (Lipinski definition) is 5. The summed E-state index contributed by atoms with van der Waals surface area (Å²) in [4.78, 5) is 2.19. The zero-order chi connectivity index (χ0) is 16.4. The van der Waals surface area contributed by atoms with Gasteiger partial charge in [0, 0.05) is 32.5 Å². The molecule has 7 heteroatoms. The van der Waals surface area contributed by atoms with Crippen molar-refractivity contribution in [3.63, 3.8) is 0 Å². The highest BCUT2D eigenvalue weighted by Crippen LogP contribution is 2.33. The van der Waals surface area contributed by atoms with E-state index in [0.29, 0.717) is 13.3 Å². The molecule has 0 atom stereocenters. The van der Waals surface area contributed by atoms with Gasteiger partial charge in [-0.2, -0.15) is 0 Å². The second-order valence-electron chi connectivity index (χ2n) is 6.29. The van der Waals surface area contributed by atoms with Gasteiger partial charge in [-0.25, -0.2) is 0 Å². The predicted octanol–water partition coefficient (Wildman–Crippen LogP) is 2.02. The summed E-state index contributed by atoms with van der Waals surface area (Å²) < 4.78 is 22.5. The summed E-state index contributed by atoms with van der Waals surface area (Å²) in [5.41, 5.74) is 1.12. The Morgan fingerprint density at radius 1 is 1.12 bits per heavy atom. The van der Waals surface area contributed by atoms with Crippen LogP contribution < -0.4 is 14.8 Å². The molecule has 2 fully saturated rings. The molecule has 0 radical (unpaired) electrons. The molecule has 3 aliphatic heterocycles. The maximum absolute atomic E-state index is 5.87. The average molecular weight is 350 g/mol. The highest BCUT2D eigenvalue weighted by atomic mass is 32.1. The fourth-order valence-electron chi connectivity index (χ4n) is 3.30. The van der Waals surface area contributed by atoms with Gasteiger partial charge in [0.15, 0.2) is 22.4 Å². The molecule has 24 heavy (non-hydrogen) atoms. The van der Waals surface area contributed by atoms with Crippen LogP contribution in [-0.4, -0.2) is 48.9 Å². The highest BCUT2D eigenvalue weighted by Gasteiger charge is 2.38. The van der Waals surface area contributed by atoms with E-state index in [1.54, 1.807) is 0 Å². The molecule has 1 N–H and O–H groups in total. The molecule has 0 aromatic heterocycles. The maximum Gasteiger partial charge on any atom is 0.231 e. The lowest BCUT2D eigenvalue weighted by molar-refractivity contribution is -0.281. The van der Waals surface area contributed by atoms with Crippen LogP contribution in [0, 0.1) is 0 Å².